The van der Waals surface area contributed by atoms with E-state index in [4.69, 9.17) is 14.2 Å². The molecule has 0 saturated carbocycles. The monoisotopic (exact) mass is 256 g/mol. The summed E-state index contributed by atoms with van der Waals surface area (Å²) < 4.78 is 16.5. The second kappa shape index (κ2) is 3.92. The molecule has 0 amide bonds. The lowest BCUT2D eigenvalue weighted by Gasteiger charge is -2.13. The van der Waals surface area contributed by atoms with Gasteiger partial charge in [0.15, 0.2) is 0 Å². The molecule has 0 bridgehead atoms. The Morgan fingerprint density at radius 3 is 2.64 bits per heavy atom. The Morgan fingerprint density at radius 1 is 1.29 bits per heavy atom. The van der Waals surface area contributed by atoms with Gasteiger partial charge < -0.3 is 14.2 Å². The Morgan fingerprint density at radius 2 is 2.00 bits per heavy atom. The molecule has 0 radical (unpaired) electrons. The predicted molar refractivity (Wildman–Crippen MR) is 54.7 cm³/mol. The van der Waals surface area contributed by atoms with Gasteiger partial charge >= 0.3 is 0 Å². The van der Waals surface area contributed by atoms with Gasteiger partial charge in [0.05, 0.1) is 12.7 Å². The minimum absolute atomic E-state index is 0.375. The largest absolute Gasteiger partial charge is 0.497 e. The highest BCUT2D eigenvalue weighted by Crippen LogP contribution is 2.32. The first kappa shape index (κ1) is 9.40. The van der Waals surface area contributed by atoms with Crippen LogP contribution in [0.2, 0.25) is 0 Å². The summed E-state index contributed by atoms with van der Waals surface area (Å²) in [6.07, 6.45) is 2.67. The molecule has 0 fully saturated rings. The van der Waals surface area contributed by atoms with Crippen molar-refractivity contribution in [3.05, 3.63) is 40.8 Å². The van der Waals surface area contributed by atoms with Gasteiger partial charge in [0.1, 0.15) is 18.3 Å². The van der Waals surface area contributed by atoms with Crippen molar-refractivity contribution in [2.45, 2.75) is 6.29 Å². The topological polar surface area (TPSA) is 27.7 Å². The summed E-state index contributed by atoms with van der Waals surface area (Å²) in [5.41, 5.74) is 0.911. The third kappa shape index (κ3) is 1.70. The number of halogens is 1. The fourth-order valence-corrected chi connectivity index (χ4v) is 1.65. The molecule has 14 heavy (non-hydrogen) atoms. The predicted octanol–water partition coefficient (Wildman–Crippen LogP) is 2.97. The molecule has 0 spiro atoms. The van der Waals surface area contributed by atoms with E-state index in [0.717, 1.165) is 15.8 Å². The highest BCUT2D eigenvalue weighted by Gasteiger charge is 2.18. The molecule has 1 aliphatic rings. The number of ether oxygens (including phenoxy) is 3. The van der Waals surface area contributed by atoms with Gasteiger partial charge in [-0.3, -0.25) is 0 Å². The van der Waals surface area contributed by atoms with Gasteiger partial charge in [-0.25, -0.2) is 0 Å². The maximum atomic E-state index is 5.23. The average molecular weight is 257 g/mol. The van der Waals surface area contributed by atoms with E-state index in [1.807, 2.05) is 18.2 Å². The summed E-state index contributed by atoms with van der Waals surface area (Å²) in [7, 11) is 1.63. The second-order valence-electron chi connectivity index (χ2n) is 2.76. The maximum absolute atomic E-state index is 5.23. The number of methoxy groups -OCH3 is 1. The van der Waals surface area contributed by atoms with Crippen molar-refractivity contribution < 1.29 is 14.2 Å². The smallest absolute Gasteiger partial charge is 0.267 e. The van der Waals surface area contributed by atoms with Gasteiger partial charge in [0.2, 0.25) is 0 Å². The van der Waals surface area contributed by atoms with E-state index >= 15 is 0 Å². The Kier molecular flexibility index (Phi) is 2.63. The Bertz CT molecular complexity index is 354. The summed E-state index contributed by atoms with van der Waals surface area (Å²) in [6, 6.07) is 5.65. The van der Waals surface area contributed by atoms with Crippen molar-refractivity contribution in [1.82, 2.24) is 0 Å². The molecular formula is C10H9BrO3. The molecule has 0 unspecified atom stereocenters. The van der Waals surface area contributed by atoms with Crippen LogP contribution in [-0.4, -0.2) is 7.11 Å². The van der Waals surface area contributed by atoms with Crippen LogP contribution in [0.15, 0.2) is 35.2 Å². The molecule has 0 saturated heterocycles. The zero-order chi connectivity index (χ0) is 9.97. The molecule has 4 heteroatoms. The van der Waals surface area contributed by atoms with Gasteiger partial charge in [0, 0.05) is 4.47 Å². The van der Waals surface area contributed by atoms with Gasteiger partial charge in [-0.15, -0.1) is 0 Å². The molecule has 0 aliphatic carbocycles. The van der Waals surface area contributed by atoms with Crippen LogP contribution < -0.4 is 4.74 Å². The molecule has 74 valence electrons. The summed E-state index contributed by atoms with van der Waals surface area (Å²) in [5, 5.41) is 0. The summed E-state index contributed by atoms with van der Waals surface area (Å²) in [4.78, 5) is 0. The summed E-state index contributed by atoms with van der Waals surface area (Å²) in [6.45, 7) is 0. The molecule has 1 aromatic carbocycles. The second-order valence-corrected chi connectivity index (χ2v) is 3.62. The lowest BCUT2D eigenvalue weighted by molar-refractivity contribution is -0.0252. The van der Waals surface area contributed by atoms with Crippen LogP contribution in [0.5, 0.6) is 5.75 Å². The Hall–Kier alpha value is -1.16. The minimum atomic E-state index is -0.375. The van der Waals surface area contributed by atoms with E-state index in [-0.39, 0.29) is 6.29 Å². The van der Waals surface area contributed by atoms with E-state index in [1.54, 1.807) is 7.11 Å². The first-order valence-corrected chi connectivity index (χ1v) is 4.90. The summed E-state index contributed by atoms with van der Waals surface area (Å²) >= 11 is 3.43. The molecule has 0 N–H and O–H groups in total. The van der Waals surface area contributed by atoms with Gasteiger partial charge in [-0.05, 0) is 18.2 Å². The minimum Gasteiger partial charge on any atom is -0.497 e. The van der Waals surface area contributed by atoms with Crippen molar-refractivity contribution in [3.63, 3.8) is 0 Å². The van der Waals surface area contributed by atoms with Crippen LogP contribution in [0, 0.1) is 0 Å². The molecule has 0 atom stereocenters. The molecule has 3 nitrogen and oxygen atoms in total. The van der Waals surface area contributed by atoms with Crippen molar-refractivity contribution in [2.24, 2.45) is 0 Å². The molecule has 1 aliphatic heterocycles. The van der Waals surface area contributed by atoms with Crippen molar-refractivity contribution in [1.29, 1.82) is 0 Å². The lowest BCUT2D eigenvalue weighted by Crippen LogP contribution is -1.99. The van der Waals surface area contributed by atoms with Gasteiger partial charge in [0.25, 0.3) is 6.29 Å². The average Bonchev–Trinajstić information content (AvgIpc) is 2.71. The first-order chi connectivity index (χ1) is 6.81. The van der Waals surface area contributed by atoms with Crippen LogP contribution >= 0.6 is 15.9 Å². The van der Waals surface area contributed by atoms with E-state index in [0.29, 0.717) is 0 Å². The van der Waals surface area contributed by atoms with Crippen molar-refractivity contribution in [3.8, 4) is 5.75 Å². The van der Waals surface area contributed by atoms with Crippen LogP contribution in [0.4, 0.5) is 0 Å². The number of benzene rings is 1. The SMILES string of the molecule is COc1ccc(Br)c(C2OC=CO2)c1. The Labute approximate surface area is 90.4 Å². The van der Waals surface area contributed by atoms with Crippen LogP contribution in [0.25, 0.3) is 0 Å². The quantitative estimate of drug-likeness (QED) is 0.815. The van der Waals surface area contributed by atoms with Crippen LogP contribution in [0.1, 0.15) is 11.9 Å². The van der Waals surface area contributed by atoms with Crippen molar-refractivity contribution >= 4 is 15.9 Å². The normalized spacial score (nSPS) is 15.0. The van der Waals surface area contributed by atoms with Crippen molar-refractivity contribution in [2.75, 3.05) is 7.11 Å². The van der Waals surface area contributed by atoms with Gasteiger partial charge in [-0.1, -0.05) is 15.9 Å². The molecule has 0 aromatic heterocycles. The number of rotatable bonds is 2. The maximum Gasteiger partial charge on any atom is 0.267 e. The third-order valence-electron chi connectivity index (χ3n) is 1.92. The van der Waals surface area contributed by atoms with Crippen LogP contribution in [-0.2, 0) is 9.47 Å². The van der Waals surface area contributed by atoms with Gasteiger partial charge in [-0.2, -0.15) is 0 Å². The zero-order valence-corrected chi connectivity index (χ0v) is 9.15. The van der Waals surface area contributed by atoms with E-state index in [1.165, 1.54) is 12.5 Å². The van der Waals surface area contributed by atoms with Crippen LogP contribution in [0.3, 0.4) is 0 Å². The van der Waals surface area contributed by atoms with E-state index in [2.05, 4.69) is 15.9 Å². The number of hydrogen-bond donors (Lipinski definition) is 0. The zero-order valence-electron chi connectivity index (χ0n) is 7.57. The fourth-order valence-electron chi connectivity index (χ4n) is 1.21. The third-order valence-corrected chi connectivity index (χ3v) is 2.64. The first-order valence-electron chi connectivity index (χ1n) is 4.10. The standard InChI is InChI=1S/C10H9BrO3/c1-12-7-2-3-9(11)8(6-7)10-13-4-5-14-10/h2-6,10H,1H3. The number of hydrogen-bond acceptors (Lipinski definition) is 3. The molecular weight excluding hydrogens is 248 g/mol. The van der Waals surface area contributed by atoms with E-state index < -0.39 is 0 Å². The fraction of sp³-hybridized carbons (Fsp3) is 0.200. The molecule has 1 heterocycles. The molecule has 1 aromatic rings. The molecule has 2 rings (SSSR count). The van der Waals surface area contributed by atoms with E-state index in [9.17, 15) is 0 Å². The summed E-state index contributed by atoms with van der Waals surface area (Å²) in [5.74, 6) is 0.780. The lowest BCUT2D eigenvalue weighted by atomic mass is 10.2. The highest BCUT2D eigenvalue weighted by atomic mass is 79.9. The Balaban J connectivity index is 2.30. The highest BCUT2D eigenvalue weighted by molar-refractivity contribution is 9.10.